The molecule has 2 nitrogen and oxygen atoms in total. The lowest BCUT2D eigenvalue weighted by Gasteiger charge is -2.03. The van der Waals surface area contributed by atoms with Crippen molar-refractivity contribution in [3.8, 4) is 10.4 Å². The molecule has 16 heavy (non-hydrogen) atoms. The van der Waals surface area contributed by atoms with E-state index in [1.807, 2.05) is 30.3 Å². The zero-order valence-corrected chi connectivity index (χ0v) is 9.79. The average molecular weight is 232 g/mol. The first kappa shape index (κ1) is 10.9. The average Bonchev–Trinajstić information content (AvgIpc) is 2.80. The van der Waals surface area contributed by atoms with Crippen molar-refractivity contribution in [2.24, 2.45) is 0 Å². The summed E-state index contributed by atoms with van der Waals surface area (Å²) in [5.41, 5.74) is 2.21. The monoisotopic (exact) mass is 232 g/mol. The minimum atomic E-state index is -0.248. The Kier molecular flexibility index (Phi) is 3.37. The zero-order valence-electron chi connectivity index (χ0n) is 8.97. The third-order valence-corrected chi connectivity index (χ3v) is 3.12. The van der Waals surface area contributed by atoms with E-state index in [0.717, 1.165) is 5.56 Å². The maximum Gasteiger partial charge on any atom is 0.302 e. The van der Waals surface area contributed by atoms with E-state index in [1.165, 1.54) is 17.4 Å². The number of benzene rings is 1. The molecule has 1 aromatic heterocycles. The number of ether oxygens (including phenoxy) is 1. The molecule has 0 aliphatic heterocycles. The SMILES string of the molecule is CC(=O)OCc1ccc(-c2cccs2)cc1. The third-order valence-electron chi connectivity index (χ3n) is 2.20. The summed E-state index contributed by atoms with van der Waals surface area (Å²) in [6.07, 6.45) is 0. The molecule has 1 heterocycles. The van der Waals surface area contributed by atoms with Gasteiger partial charge in [-0.1, -0.05) is 30.3 Å². The van der Waals surface area contributed by atoms with Crippen LogP contribution < -0.4 is 0 Å². The number of rotatable bonds is 3. The molecule has 0 saturated carbocycles. The highest BCUT2D eigenvalue weighted by Crippen LogP contribution is 2.24. The minimum absolute atomic E-state index is 0.248. The molecule has 0 N–H and O–H groups in total. The first-order chi connectivity index (χ1) is 7.75. The fourth-order valence-electron chi connectivity index (χ4n) is 1.39. The second kappa shape index (κ2) is 4.94. The van der Waals surface area contributed by atoms with Crippen LogP contribution in [0.25, 0.3) is 10.4 Å². The van der Waals surface area contributed by atoms with E-state index in [0.29, 0.717) is 6.61 Å². The van der Waals surface area contributed by atoms with Gasteiger partial charge in [0.1, 0.15) is 6.61 Å². The molecule has 1 aromatic carbocycles. The van der Waals surface area contributed by atoms with Gasteiger partial charge in [-0.2, -0.15) is 0 Å². The van der Waals surface area contributed by atoms with Gasteiger partial charge in [-0.05, 0) is 22.6 Å². The Balaban J connectivity index is 2.08. The Morgan fingerprint density at radius 2 is 2.00 bits per heavy atom. The number of carbonyl (C=O) groups excluding carboxylic acids is 1. The van der Waals surface area contributed by atoms with E-state index in [-0.39, 0.29) is 5.97 Å². The van der Waals surface area contributed by atoms with E-state index < -0.39 is 0 Å². The fourth-order valence-corrected chi connectivity index (χ4v) is 2.13. The standard InChI is InChI=1S/C13H12O2S/c1-10(14)15-9-11-4-6-12(7-5-11)13-3-2-8-16-13/h2-8H,9H2,1H3. The van der Waals surface area contributed by atoms with Crippen LogP contribution in [0, 0.1) is 0 Å². The van der Waals surface area contributed by atoms with Crippen molar-refractivity contribution in [1.82, 2.24) is 0 Å². The Bertz CT molecular complexity index is 457. The van der Waals surface area contributed by atoms with Gasteiger partial charge in [0, 0.05) is 11.8 Å². The Labute approximate surface area is 98.5 Å². The molecule has 2 aromatic rings. The van der Waals surface area contributed by atoms with Gasteiger partial charge in [-0.25, -0.2) is 0 Å². The molecule has 82 valence electrons. The van der Waals surface area contributed by atoms with Crippen molar-refractivity contribution in [3.05, 3.63) is 47.3 Å². The van der Waals surface area contributed by atoms with Crippen molar-refractivity contribution in [3.63, 3.8) is 0 Å². The highest BCUT2D eigenvalue weighted by molar-refractivity contribution is 7.13. The van der Waals surface area contributed by atoms with Gasteiger partial charge < -0.3 is 4.74 Å². The summed E-state index contributed by atoms with van der Waals surface area (Å²) in [6.45, 7) is 1.76. The van der Waals surface area contributed by atoms with Crippen LogP contribution >= 0.6 is 11.3 Å². The summed E-state index contributed by atoms with van der Waals surface area (Å²) in [5.74, 6) is -0.248. The first-order valence-electron chi connectivity index (χ1n) is 5.02. The summed E-state index contributed by atoms with van der Waals surface area (Å²) in [7, 11) is 0. The summed E-state index contributed by atoms with van der Waals surface area (Å²) < 4.78 is 4.92. The second-order valence-corrected chi connectivity index (χ2v) is 4.40. The van der Waals surface area contributed by atoms with Crippen molar-refractivity contribution in [2.45, 2.75) is 13.5 Å². The van der Waals surface area contributed by atoms with Crippen molar-refractivity contribution in [1.29, 1.82) is 0 Å². The van der Waals surface area contributed by atoms with Crippen LogP contribution in [-0.2, 0) is 16.1 Å². The van der Waals surface area contributed by atoms with Gasteiger partial charge >= 0.3 is 5.97 Å². The van der Waals surface area contributed by atoms with Crippen LogP contribution in [0.5, 0.6) is 0 Å². The second-order valence-electron chi connectivity index (χ2n) is 3.45. The lowest BCUT2D eigenvalue weighted by molar-refractivity contribution is -0.142. The summed E-state index contributed by atoms with van der Waals surface area (Å²) in [5, 5.41) is 2.06. The predicted molar refractivity (Wildman–Crippen MR) is 65.2 cm³/mol. The van der Waals surface area contributed by atoms with Crippen LogP contribution in [0.1, 0.15) is 12.5 Å². The van der Waals surface area contributed by atoms with Crippen LogP contribution in [-0.4, -0.2) is 5.97 Å². The molecular weight excluding hydrogens is 220 g/mol. The number of hydrogen-bond acceptors (Lipinski definition) is 3. The number of thiophene rings is 1. The van der Waals surface area contributed by atoms with Crippen molar-refractivity contribution < 1.29 is 9.53 Å². The Morgan fingerprint density at radius 3 is 2.56 bits per heavy atom. The smallest absolute Gasteiger partial charge is 0.302 e. The summed E-state index contributed by atoms with van der Waals surface area (Å²) in [4.78, 5) is 11.9. The van der Waals surface area contributed by atoms with Gasteiger partial charge in [0.15, 0.2) is 0 Å². The minimum Gasteiger partial charge on any atom is -0.461 e. The molecule has 0 aliphatic carbocycles. The van der Waals surface area contributed by atoms with Gasteiger partial charge in [0.25, 0.3) is 0 Å². The largest absolute Gasteiger partial charge is 0.461 e. The van der Waals surface area contributed by atoms with Crippen molar-refractivity contribution >= 4 is 17.3 Å². The van der Waals surface area contributed by atoms with Gasteiger partial charge in [-0.15, -0.1) is 11.3 Å². The first-order valence-corrected chi connectivity index (χ1v) is 5.90. The van der Waals surface area contributed by atoms with E-state index in [1.54, 1.807) is 11.3 Å². The van der Waals surface area contributed by atoms with E-state index >= 15 is 0 Å². The summed E-state index contributed by atoms with van der Waals surface area (Å²) in [6, 6.07) is 12.2. The molecule has 0 saturated heterocycles. The molecular formula is C13H12O2S. The van der Waals surface area contributed by atoms with E-state index in [9.17, 15) is 4.79 Å². The molecule has 0 aliphatic rings. The fraction of sp³-hybridized carbons (Fsp3) is 0.154. The maximum absolute atomic E-state index is 10.7. The van der Waals surface area contributed by atoms with Crippen LogP contribution in [0.15, 0.2) is 41.8 Å². The molecule has 2 rings (SSSR count). The highest BCUT2D eigenvalue weighted by atomic mass is 32.1. The molecule has 0 amide bonds. The molecule has 0 bridgehead atoms. The molecule has 0 unspecified atom stereocenters. The molecule has 0 spiro atoms. The maximum atomic E-state index is 10.7. The molecule has 3 heteroatoms. The number of carbonyl (C=O) groups is 1. The molecule has 0 radical (unpaired) electrons. The lowest BCUT2D eigenvalue weighted by atomic mass is 10.1. The quantitative estimate of drug-likeness (QED) is 0.757. The number of hydrogen-bond donors (Lipinski definition) is 0. The van der Waals surface area contributed by atoms with Gasteiger partial charge in [0.05, 0.1) is 0 Å². The van der Waals surface area contributed by atoms with Gasteiger partial charge in [-0.3, -0.25) is 4.79 Å². The number of esters is 1. The molecule has 0 atom stereocenters. The molecule has 0 fully saturated rings. The topological polar surface area (TPSA) is 26.3 Å². The summed E-state index contributed by atoms with van der Waals surface area (Å²) >= 11 is 1.71. The third kappa shape index (κ3) is 2.70. The van der Waals surface area contributed by atoms with Gasteiger partial charge in [0.2, 0.25) is 0 Å². The van der Waals surface area contributed by atoms with E-state index in [2.05, 4.69) is 11.4 Å². The highest BCUT2D eigenvalue weighted by Gasteiger charge is 2.00. The Morgan fingerprint density at radius 1 is 1.25 bits per heavy atom. The Hall–Kier alpha value is -1.61. The van der Waals surface area contributed by atoms with Crippen LogP contribution in [0.2, 0.25) is 0 Å². The van der Waals surface area contributed by atoms with Crippen LogP contribution in [0.3, 0.4) is 0 Å². The lowest BCUT2D eigenvalue weighted by Crippen LogP contribution is -1.98. The van der Waals surface area contributed by atoms with E-state index in [4.69, 9.17) is 4.74 Å². The normalized spacial score (nSPS) is 10.1. The van der Waals surface area contributed by atoms with Crippen molar-refractivity contribution in [2.75, 3.05) is 0 Å². The predicted octanol–water partition coefficient (Wildman–Crippen LogP) is 3.48. The zero-order chi connectivity index (χ0) is 11.4. The van der Waals surface area contributed by atoms with Crippen LogP contribution in [0.4, 0.5) is 0 Å².